The topological polar surface area (TPSA) is 45.5 Å². The van der Waals surface area contributed by atoms with Crippen LogP contribution in [0.5, 0.6) is 0 Å². The van der Waals surface area contributed by atoms with Crippen molar-refractivity contribution in [3.05, 3.63) is 48.3 Å². The van der Waals surface area contributed by atoms with Gasteiger partial charge in [-0.05, 0) is 35.9 Å². The fourth-order valence-electron chi connectivity index (χ4n) is 2.52. The van der Waals surface area contributed by atoms with Crippen LogP contribution in [0.2, 0.25) is 0 Å². The molecule has 0 amide bonds. The SMILES string of the molecule is CN=C(NCC(C)Cn1cccn1)N(C)Cc1ccc(SC)cc1. The number of aliphatic imine (C=N–C) groups is 1. The Morgan fingerprint density at radius 3 is 2.71 bits per heavy atom. The predicted octanol–water partition coefficient (Wildman–Crippen LogP) is 2.95. The molecule has 1 atom stereocenters. The highest BCUT2D eigenvalue weighted by molar-refractivity contribution is 7.98. The van der Waals surface area contributed by atoms with Gasteiger partial charge >= 0.3 is 0 Å². The van der Waals surface area contributed by atoms with Crippen LogP contribution >= 0.6 is 11.8 Å². The third kappa shape index (κ3) is 5.60. The van der Waals surface area contributed by atoms with Gasteiger partial charge in [-0.25, -0.2) is 0 Å². The highest BCUT2D eigenvalue weighted by Gasteiger charge is 2.09. The van der Waals surface area contributed by atoms with E-state index in [2.05, 4.69) is 64.8 Å². The number of benzene rings is 1. The van der Waals surface area contributed by atoms with Crippen LogP contribution in [-0.4, -0.2) is 47.5 Å². The molecule has 0 saturated heterocycles. The minimum atomic E-state index is 0.468. The molecule has 0 saturated carbocycles. The summed E-state index contributed by atoms with van der Waals surface area (Å²) < 4.78 is 1.96. The molecule has 0 spiro atoms. The van der Waals surface area contributed by atoms with Gasteiger partial charge in [-0.1, -0.05) is 19.1 Å². The van der Waals surface area contributed by atoms with Gasteiger partial charge in [-0.2, -0.15) is 5.10 Å². The lowest BCUT2D eigenvalue weighted by Crippen LogP contribution is -2.40. The van der Waals surface area contributed by atoms with Gasteiger partial charge in [0.2, 0.25) is 0 Å². The van der Waals surface area contributed by atoms with E-state index in [1.807, 2.05) is 30.2 Å². The molecule has 0 bridgehead atoms. The Morgan fingerprint density at radius 2 is 2.12 bits per heavy atom. The van der Waals surface area contributed by atoms with Crippen molar-refractivity contribution in [3.63, 3.8) is 0 Å². The fraction of sp³-hybridized carbons (Fsp3) is 0.444. The molecule has 2 aromatic rings. The summed E-state index contributed by atoms with van der Waals surface area (Å²) in [7, 11) is 3.89. The van der Waals surface area contributed by atoms with Crippen LogP contribution in [0.15, 0.2) is 52.6 Å². The normalized spacial score (nSPS) is 12.9. The van der Waals surface area contributed by atoms with Gasteiger partial charge in [0.1, 0.15) is 0 Å². The molecule has 5 nitrogen and oxygen atoms in total. The maximum Gasteiger partial charge on any atom is 0.193 e. The molecule has 1 aromatic carbocycles. The van der Waals surface area contributed by atoms with Crippen LogP contribution in [0.1, 0.15) is 12.5 Å². The number of nitrogens with one attached hydrogen (secondary N) is 1. The second-order valence-corrected chi connectivity index (χ2v) is 6.85. The van der Waals surface area contributed by atoms with Crippen molar-refractivity contribution in [2.45, 2.75) is 24.9 Å². The third-order valence-corrected chi connectivity index (χ3v) is 4.56. The molecule has 0 radical (unpaired) electrons. The monoisotopic (exact) mass is 345 g/mol. The van der Waals surface area contributed by atoms with Gasteiger partial charge in [0.25, 0.3) is 0 Å². The zero-order valence-electron chi connectivity index (χ0n) is 14.9. The van der Waals surface area contributed by atoms with E-state index in [9.17, 15) is 0 Å². The van der Waals surface area contributed by atoms with Gasteiger partial charge in [0, 0.05) is 51.0 Å². The first-order valence-corrected chi connectivity index (χ1v) is 9.37. The Balaban J connectivity index is 1.83. The average molecular weight is 346 g/mol. The summed E-state index contributed by atoms with van der Waals surface area (Å²) in [6.45, 7) is 4.81. The van der Waals surface area contributed by atoms with Gasteiger partial charge in [-0.15, -0.1) is 11.8 Å². The lowest BCUT2D eigenvalue weighted by molar-refractivity contribution is 0.423. The van der Waals surface area contributed by atoms with Crippen LogP contribution in [0.4, 0.5) is 0 Å². The molecular weight excluding hydrogens is 318 g/mol. The van der Waals surface area contributed by atoms with Crippen molar-refractivity contribution in [2.75, 3.05) is 26.9 Å². The highest BCUT2D eigenvalue weighted by Crippen LogP contribution is 2.15. The van der Waals surface area contributed by atoms with E-state index in [0.717, 1.165) is 25.6 Å². The van der Waals surface area contributed by atoms with Gasteiger partial charge in [0.15, 0.2) is 5.96 Å². The van der Waals surface area contributed by atoms with Crippen molar-refractivity contribution in [3.8, 4) is 0 Å². The molecule has 1 aromatic heterocycles. The quantitative estimate of drug-likeness (QED) is 0.476. The van der Waals surface area contributed by atoms with Crippen LogP contribution in [-0.2, 0) is 13.1 Å². The minimum Gasteiger partial charge on any atom is -0.356 e. The lowest BCUT2D eigenvalue weighted by Gasteiger charge is -2.23. The van der Waals surface area contributed by atoms with E-state index in [1.165, 1.54) is 10.5 Å². The van der Waals surface area contributed by atoms with Gasteiger partial charge in [0.05, 0.1) is 0 Å². The van der Waals surface area contributed by atoms with Crippen LogP contribution < -0.4 is 5.32 Å². The smallest absolute Gasteiger partial charge is 0.193 e. The van der Waals surface area contributed by atoms with Crippen molar-refractivity contribution in [2.24, 2.45) is 10.9 Å². The summed E-state index contributed by atoms with van der Waals surface area (Å²) in [4.78, 5) is 7.83. The minimum absolute atomic E-state index is 0.468. The van der Waals surface area contributed by atoms with Crippen molar-refractivity contribution in [1.82, 2.24) is 20.0 Å². The molecule has 6 heteroatoms. The third-order valence-electron chi connectivity index (χ3n) is 3.82. The number of thioether (sulfide) groups is 1. The molecule has 1 N–H and O–H groups in total. The van der Waals surface area contributed by atoms with Crippen LogP contribution in [0.3, 0.4) is 0 Å². The molecule has 1 heterocycles. The zero-order chi connectivity index (χ0) is 17.4. The maximum absolute atomic E-state index is 4.39. The van der Waals surface area contributed by atoms with E-state index in [0.29, 0.717) is 5.92 Å². The molecule has 0 aliphatic heterocycles. The van der Waals surface area contributed by atoms with Crippen LogP contribution in [0, 0.1) is 5.92 Å². The van der Waals surface area contributed by atoms with E-state index in [4.69, 9.17) is 0 Å². The highest BCUT2D eigenvalue weighted by atomic mass is 32.2. The van der Waals surface area contributed by atoms with E-state index < -0.39 is 0 Å². The summed E-state index contributed by atoms with van der Waals surface area (Å²) in [5.41, 5.74) is 1.28. The van der Waals surface area contributed by atoms with Crippen molar-refractivity contribution >= 4 is 17.7 Å². The second kappa shape index (κ2) is 9.37. The standard InChI is InChI=1S/C18H27N5S/c1-15(13-23-11-5-10-21-23)12-20-18(19-2)22(3)14-16-6-8-17(24-4)9-7-16/h5-11,15H,12-14H2,1-4H3,(H,19,20). The van der Waals surface area contributed by atoms with Crippen molar-refractivity contribution in [1.29, 1.82) is 0 Å². The Bertz CT molecular complexity index is 621. The van der Waals surface area contributed by atoms with Crippen LogP contribution in [0.25, 0.3) is 0 Å². The predicted molar refractivity (Wildman–Crippen MR) is 102 cm³/mol. The summed E-state index contributed by atoms with van der Waals surface area (Å²) >= 11 is 1.76. The summed E-state index contributed by atoms with van der Waals surface area (Å²) in [6, 6.07) is 10.6. The molecule has 130 valence electrons. The molecule has 2 rings (SSSR count). The molecule has 1 unspecified atom stereocenters. The van der Waals surface area contributed by atoms with E-state index in [-0.39, 0.29) is 0 Å². The largest absolute Gasteiger partial charge is 0.356 e. The number of aromatic nitrogens is 2. The molecule has 24 heavy (non-hydrogen) atoms. The first kappa shape index (κ1) is 18.4. The zero-order valence-corrected chi connectivity index (χ0v) is 15.8. The number of hydrogen-bond donors (Lipinski definition) is 1. The lowest BCUT2D eigenvalue weighted by atomic mass is 10.2. The van der Waals surface area contributed by atoms with Gasteiger partial charge < -0.3 is 10.2 Å². The first-order valence-electron chi connectivity index (χ1n) is 8.14. The van der Waals surface area contributed by atoms with Crippen molar-refractivity contribution < 1.29 is 0 Å². The molecule has 0 aliphatic carbocycles. The van der Waals surface area contributed by atoms with E-state index >= 15 is 0 Å². The first-order chi connectivity index (χ1) is 11.6. The second-order valence-electron chi connectivity index (χ2n) is 5.97. The Kier molecular flexibility index (Phi) is 7.18. The Morgan fingerprint density at radius 1 is 1.38 bits per heavy atom. The number of rotatable bonds is 7. The fourth-order valence-corrected chi connectivity index (χ4v) is 2.93. The Hall–Kier alpha value is -1.95. The summed E-state index contributed by atoms with van der Waals surface area (Å²) in [6.07, 6.45) is 5.90. The summed E-state index contributed by atoms with van der Waals surface area (Å²) in [5.74, 6) is 1.38. The summed E-state index contributed by atoms with van der Waals surface area (Å²) in [5, 5.41) is 7.71. The average Bonchev–Trinajstić information content (AvgIpc) is 3.09. The van der Waals surface area contributed by atoms with Gasteiger partial charge in [-0.3, -0.25) is 9.67 Å². The molecule has 0 aliphatic rings. The maximum atomic E-state index is 4.39. The number of guanidine groups is 1. The van der Waals surface area contributed by atoms with E-state index in [1.54, 1.807) is 11.8 Å². The number of nitrogens with zero attached hydrogens (tertiary/aromatic N) is 4. The Labute approximate surface area is 149 Å². The number of hydrogen-bond acceptors (Lipinski definition) is 3. The molecular formula is C18H27N5S. The molecule has 0 fully saturated rings.